The third kappa shape index (κ3) is 3.83. The molecule has 0 saturated carbocycles. The monoisotopic (exact) mass is 455 g/mol. The Morgan fingerprint density at radius 1 is 0.971 bits per heavy atom. The van der Waals surface area contributed by atoms with Crippen molar-refractivity contribution >= 4 is 40.2 Å². The predicted molar refractivity (Wildman–Crippen MR) is 123 cm³/mol. The molecule has 170 valence electrons. The molecule has 1 unspecified atom stereocenters. The summed E-state index contributed by atoms with van der Waals surface area (Å²) in [5.41, 5.74) is 2.15. The SMILES string of the molecule is O=C1CCC(N2Cc3c(CNC(=O)C(=O)c4ccc5ccccc5c4)cccc3C2=O)C(=O)N1. The van der Waals surface area contributed by atoms with Crippen LogP contribution in [0, 0.1) is 0 Å². The Bertz CT molecular complexity index is 1380. The number of carbonyl (C=O) groups is 5. The number of ketones is 1. The largest absolute Gasteiger partial charge is 0.345 e. The number of hydrogen-bond donors (Lipinski definition) is 2. The molecule has 2 aliphatic rings. The number of nitrogens with zero attached hydrogens (tertiary/aromatic N) is 1. The fourth-order valence-electron chi connectivity index (χ4n) is 4.53. The van der Waals surface area contributed by atoms with Crippen LogP contribution in [0.5, 0.6) is 0 Å². The first kappa shape index (κ1) is 21.5. The van der Waals surface area contributed by atoms with Crippen LogP contribution in [-0.2, 0) is 27.5 Å². The zero-order valence-corrected chi connectivity index (χ0v) is 18.2. The van der Waals surface area contributed by atoms with Gasteiger partial charge in [-0.3, -0.25) is 29.3 Å². The Labute approximate surface area is 194 Å². The minimum absolute atomic E-state index is 0.0673. The number of benzene rings is 3. The summed E-state index contributed by atoms with van der Waals surface area (Å²) in [5.74, 6) is -2.48. The molecule has 1 fully saturated rings. The maximum atomic E-state index is 12.9. The van der Waals surface area contributed by atoms with Crippen molar-refractivity contribution in [2.75, 3.05) is 0 Å². The zero-order chi connectivity index (χ0) is 23.8. The van der Waals surface area contributed by atoms with E-state index in [-0.39, 0.29) is 37.7 Å². The standard InChI is InChI=1S/C26H21N3O5/c30-22-11-10-21(24(32)28-22)29-14-20-18(6-3-7-19(20)26(29)34)13-27-25(33)23(31)17-9-8-15-4-1-2-5-16(15)12-17/h1-9,12,21H,10-11,13-14H2,(H,27,33)(H,28,30,32). The lowest BCUT2D eigenvalue weighted by Crippen LogP contribution is -2.52. The van der Waals surface area contributed by atoms with Gasteiger partial charge in [0.1, 0.15) is 6.04 Å². The predicted octanol–water partition coefficient (Wildman–Crippen LogP) is 2.10. The van der Waals surface area contributed by atoms with Gasteiger partial charge in [-0.25, -0.2) is 0 Å². The van der Waals surface area contributed by atoms with E-state index in [9.17, 15) is 24.0 Å². The van der Waals surface area contributed by atoms with Gasteiger partial charge in [0.15, 0.2) is 0 Å². The summed E-state index contributed by atoms with van der Waals surface area (Å²) in [4.78, 5) is 63.4. The van der Waals surface area contributed by atoms with Crippen molar-refractivity contribution < 1.29 is 24.0 Å². The Morgan fingerprint density at radius 3 is 2.56 bits per heavy atom. The maximum Gasteiger partial charge on any atom is 0.292 e. The zero-order valence-electron chi connectivity index (χ0n) is 18.2. The number of carbonyl (C=O) groups excluding carboxylic acids is 5. The van der Waals surface area contributed by atoms with E-state index in [1.54, 1.807) is 36.4 Å². The lowest BCUT2D eigenvalue weighted by atomic mass is 10.0. The molecule has 0 radical (unpaired) electrons. The highest BCUT2D eigenvalue weighted by Crippen LogP contribution is 2.29. The van der Waals surface area contributed by atoms with Crippen molar-refractivity contribution in [2.45, 2.75) is 32.0 Å². The highest BCUT2D eigenvalue weighted by atomic mass is 16.2. The molecular formula is C26H21N3O5. The minimum atomic E-state index is -0.737. The van der Waals surface area contributed by atoms with Gasteiger partial charge in [0.05, 0.1) is 0 Å². The van der Waals surface area contributed by atoms with Gasteiger partial charge >= 0.3 is 0 Å². The van der Waals surface area contributed by atoms with Crippen LogP contribution in [0.25, 0.3) is 10.8 Å². The van der Waals surface area contributed by atoms with Crippen LogP contribution in [0.3, 0.4) is 0 Å². The number of fused-ring (bicyclic) bond motifs is 2. The van der Waals surface area contributed by atoms with Gasteiger partial charge in [0.2, 0.25) is 17.6 Å². The maximum absolute atomic E-state index is 12.9. The van der Waals surface area contributed by atoms with Gasteiger partial charge in [-0.1, -0.05) is 48.5 Å². The van der Waals surface area contributed by atoms with E-state index >= 15 is 0 Å². The molecule has 3 aromatic rings. The molecular weight excluding hydrogens is 434 g/mol. The summed E-state index contributed by atoms with van der Waals surface area (Å²) in [7, 11) is 0. The number of rotatable bonds is 5. The summed E-state index contributed by atoms with van der Waals surface area (Å²) in [5, 5.41) is 6.78. The number of imide groups is 1. The lowest BCUT2D eigenvalue weighted by Gasteiger charge is -2.29. The molecule has 34 heavy (non-hydrogen) atoms. The summed E-state index contributed by atoms with van der Waals surface area (Å²) in [6, 6.07) is 17.1. The second-order valence-electron chi connectivity index (χ2n) is 8.42. The van der Waals surface area contributed by atoms with E-state index in [2.05, 4.69) is 10.6 Å². The van der Waals surface area contributed by atoms with Gasteiger partial charge in [-0.05, 0) is 40.5 Å². The molecule has 3 aromatic carbocycles. The smallest absolute Gasteiger partial charge is 0.292 e. The number of amides is 4. The molecule has 0 aliphatic carbocycles. The quantitative estimate of drug-likeness (QED) is 0.348. The van der Waals surface area contributed by atoms with Crippen LogP contribution in [0.4, 0.5) is 0 Å². The molecule has 8 nitrogen and oxygen atoms in total. The van der Waals surface area contributed by atoms with Crippen molar-refractivity contribution in [2.24, 2.45) is 0 Å². The molecule has 2 N–H and O–H groups in total. The third-order valence-electron chi connectivity index (χ3n) is 6.34. The van der Waals surface area contributed by atoms with E-state index in [1.807, 2.05) is 24.3 Å². The number of Topliss-reactive ketones (excluding diaryl/α,β-unsaturated/α-hetero) is 1. The van der Waals surface area contributed by atoms with Crippen molar-refractivity contribution in [3.8, 4) is 0 Å². The number of hydrogen-bond acceptors (Lipinski definition) is 5. The topological polar surface area (TPSA) is 113 Å². The first-order valence-electron chi connectivity index (χ1n) is 11.0. The average Bonchev–Trinajstić information content (AvgIpc) is 3.18. The van der Waals surface area contributed by atoms with Crippen LogP contribution in [-0.4, -0.2) is 40.4 Å². The first-order valence-corrected chi connectivity index (χ1v) is 11.0. The molecule has 1 atom stereocenters. The van der Waals surface area contributed by atoms with E-state index in [0.717, 1.165) is 10.8 Å². The second kappa shape index (κ2) is 8.55. The van der Waals surface area contributed by atoms with Crippen molar-refractivity contribution in [1.82, 2.24) is 15.5 Å². The number of nitrogens with one attached hydrogen (secondary N) is 2. The first-order chi connectivity index (χ1) is 16.4. The van der Waals surface area contributed by atoms with Crippen LogP contribution in [0.1, 0.15) is 44.7 Å². The van der Waals surface area contributed by atoms with Gasteiger partial charge < -0.3 is 10.2 Å². The van der Waals surface area contributed by atoms with Gasteiger partial charge in [-0.2, -0.15) is 0 Å². The highest BCUT2D eigenvalue weighted by molar-refractivity contribution is 6.43. The van der Waals surface area contributed by atoms with Gasteiger partial charge in [0, 0.05) is 30.6 Å². The van der Waals surface area contributed by atoms with Crippen molar-refractivity contribution in [3.63, 3.8) is 0 Å². The Hall–Kier alpha value is -4.33. The van der Waals surface area contributed by atoms with Crippen molar-refractivity contribution in [1.29, 1.82) is 0 Å². The summed E-state index contributed by atoms with van der Waals surface area (Å²) < 4.78 is 0. The summed E-state index contributed by atoms with van der Waals surface area (Å²) >= 11 is 0. The van der Waals surface area contributed by atoms with Crippen LogP contribution in [0.2, 0.25) is 0 Å². The number of piperidine rings is 1. The molecule has 8 heteroatoms. The molecule has 2 heterocycles. The fourth-order valence-corrected chi connectivity index (χ4v) is 4.53. The molecule has 2 aliphatic heterocycles. The molecule has 4 amide bonds. The van der Waals surface area contributed by atoms with Crippen molar-refractivity contribution in [3.05, 3.63) is 82.9 Å². The van der Waals surface area contributed by atoms with Gasteiger partial charge in [0.25, 0.3) is 11.8 Å². The third-order valence-corrected chi connectivity index (χ3v) is 6.34. The summed E-state index contributed by atoms with van der Waals surface area (Å²) in [6.45, 7) is 0.267. The van der Waals surface area contributed by atoms with Crippen LogP contribution in [0.15, 0.2) is 60.7 Å². The fraction of sp³-hybridized carbons (Fsp3) is 0.192. The summed E-state index contributed by atoms with van der Waals surface area (Å²) in [6.07, 6.45) is 0.451. The molecule has 5 rings (SSSR count). The second-order valence-corrected chi connectivity index (χ2v) is 8.42. The van der Waals surface area contributed by atoms with E-state index < -0.39 is 23.6 Å². The van der Waals surface area contributed by atoms with Crippen LogP contribution < -0.4 is 10.6 Å². The van der Waals surface area contributed by atoms with E-state index in [1.165, 1.54) is 4.90 Å². The Balaban J connectivity index is 1.30. The van der Waals surface area contributed by atoms with E-state index in [0.29, 0.717) is 22.3 Å². The minimum Gasteiger partial charge on any atom is -0.345 e. The lowest BCUT2D eigenvalue weighted by molar-refractivity contribution is -0.136. The molecule has 0 bridgehead atoms. The van der Waals surface area contributed by atoms with E-state index in [4.69, 9.17) is 0 Å². The highest BCUT2D eigenvalue weighted by Gasteiger charge is 2.39. The van der Waals surface area contributed by atoms with Crippen LogP contribution >= 0.6 is 0 Å². The molecule has 0 aromatic heterocycles. The molecule has 0 spiro atoms. The normalized spacial score (nSPS) is 17.5. The van der Waals surface area contributed by atoms with Gasteiger partial charge in [-0.15, -0.1) is 0 Å². The Morgan fingerprint density at radius 2 is 1.76 bits per heavy atom. The Kier molecular flexibility index (Phi) is 5.41. The molecule has 1 saturated heterocycles. The average molecular weight is 455 g/mol.